The summed E-state index contributed by atoms with van der Waals surface area (Å²) < 4.78 is 6.94. The van der Waals surface area contributed by atoms with E-state index in [0.717, 1.165) is 32.1 Å². The molecule has 0 saturated heterocycles. The van der Waals surface area contributed by atoms with Crippen molar-refractivity contribution in [3.63, 3.8) is 0 Å². The fourth-order valence-electron chi connectivity index (χ4n) is 3.00. The fourth-order valence-corrected chi connectivity index (χ4v) is 3.00. The van der Waals surface area contributed by atoms with E-state index in [-0.39, 0.29) is 18.3 Å². The van der Waals surface area contributed by atoms with Crippen molar-refractivity contribution >= 4 is 17.9 Å². The van der Waals surface area contributed by atoms with Crippen molar-refractivity contribution in [1.82, 2.24) is 20.1 Å². The van der Waals surface area contributed by atoms with Gasteiger partial charge in [-0.15, -0.1) is 5.10 Å². The summed E-state index contributed by atoms with van der Waals surface area (Å²) in [6, 6.07) is -0.397. The highest BCUT2D eigenvalue weighted by Crippen LogP contribution is 2.32. The molecule has 134 valence electrons. The third-order valence-corrected chi connectivity index (χ3v) is 3.92. The van der Waals surface area contributed by atoms with Crippen molar-refractivity contribution in [3.8, 4) is 0 Å². The number of aromatic nitrogens is 3. The second-order valence-corrected chi connectivity index (χ2v) is 7.43. The minimum absolute atomic E-state index is 0.174. The Morgan fingerprint density at radius 2 is 1.96 bits per heavy atom. The number of hydrogen-bond donors (Lipinski definition) is 2. The molecule has 2 N–H and O–H groups in total. The first-order valence-corrected chi connectivity index (χ1v) is 8.34. The van der Waals surface area contributed by atoms with E-state index in [1.807, 2.05) is 20.8 Å². The Kier molecular flexibility index (Phi) is 5.46. The van der Waals surface area contributed by atoms with Crippen LogP contribution in [0, 0.1) is 0 Å². The highest BCUT2D eigenvalue weighted by molar-refractivity contribution is 5.88. The predicted molar refractivity (Wildman–Crippen MR) is 89.4 cm³/mol. The minimum Gasteiger partial charge on any atom is -0.460 e. The zero-order valence-electron chi connectivity index (χ0n) is 14.9. The Bertz CT molecular complexity index is 585. The third kappa shape index (κ3) is 5.50. The quantitative estimate of drug-likeness (QED) is 0.822. The number of ether oxygens (including phenoxy) is 1. The van der Waals surface area contributed by atoms with Gasteiger partial charge in [-0.25, -0.2) is 9.78 Å². The number of carbonyl (C=O) groups excluding carboxylic acids is 2. The molecule has 1 aliphatic rings. The number of aryl methyl sites for hydroxylation is 1. The molecule has 0 spiro atoms. The highest BCUT2D eigenvalue weighted by atomic mass is 16.6. The molecule has 0 unspecified atom stereocenters. The molecule has 1 saturated carbocycles. The zero-order chi connectivity index (χ0) is 17.8. The first-order chi connectivity index (χ1) is 11.2. The van der Waals surface area contributed by atoms with Crippen LogP contribution in [0.5, 0.6) is 0 Å². The van der Waals surface area contributed by atoms with Crippen LogP contribution < -0.4 is 10.6 Å². The molecule has 1 aliphatic carbocycles. The first-order valence-electron chi connectivity index (χ1n) is 8.34. The predicted octanol–water partition coefficient (Wildman–Crippen LogP) is 2.37. The molecule has 1 aromatic heterocycles. The summed E-state index contributed by atoms with van der Waals surface area (Å²) in [5.41, 5.74) is -1.10. The van der Waals surface area contributed by atoms with Gasteiger partial charge < -0.3 is 10.1 Å². The number of urea groups is 1. The van der Waals surface area contributed by atoms with Crippen LogP contribution in [0.1, 0.15) is 59.3 Å². The minimum atomic E-state index is -0.570. The van der Waals surface area contributed by atoms with Crippen molar-refractivity contribution in [2.75, 3.05) is 5.32 Å². The molecular formula is C16H27N5O3. The molecular weight excluding hydrogens is 310 g/mol. The lowest BCUT2D eigenvalue weighted by molar-refractivity contribution is -0.156. The maximum Gasteiger partial charge on any atom is 0.322 e. The van der Waals surface area contributed by atoms with Gasteiger partial charge in [-0.1, -0.05) is 19.3 Å². The van der Waals surface area contributed by atoms with Crippen LogP contribution in [0.3, 0.4) is 0 Å². The molecule has 24 heavy (non-hydrogen) atoms. The van der Waals surface area contributed by atoms with Crippen molar-refractivity contribution in [2.24, 2.45) is 7.05 Å². The molecule has 2 amide bonds. The average molecular weight is 337 g/mol. The Hall–Kier alpha value is -2.12. The van der Waals surface area contributed by atoms with Gasteiger partial charge in [0, 0.05) is 7.05 Å². The summed E-state index contributed by atoms with van der Waals surface area (Å²) in [7, 11) is 1.72. The van der Waals surface area contributed by atoms with Gasteiger partial charge in [0.1, 0.15) is 11.9 Å². The molecule has 1 aromatic rings. The number of esters is 1. The van der Waals surface area contributed by atoms with Gasteiger partial charge >= 0.3 is 12.0 Å². The van der Waals surface area contributed by atoms with Crippen molar-refractivity contribution in [3.05, 3.63) is 6.33 Å². The Morgan fingerprint density at radius 1 is 1.29 bits per heavy atom. The number of carbonyl (C=O) groups is 2. The molecule has 8 heteroatoms. The molecule has 0 radical (unpaired) electrons. The fraction of sp³-hybridized carbons (Fsp3) is 0.750. The van der Waals surface area contributed by atoms with Crippen molar-refractivity contribution in [2.45, 2.75) is 70.4 Å². The molecule has 1 heterocycles. The topological polar surface area (TPSA) is 98.1 Å². The number of anilines is 1. The summed E-state index contributed by atoms with van der Waals surface area (Å²) >= 11 is 0. The van der Waals surface area contributed by atoms with Gasteiger partial charge in [0.2, 0.25) is 5.95 Å². The average Bonchev–Trinajstić information content (AvgIpc) is 2.82. The Balaban J connectivity index is 2.01. The van der Waals surface area contributed by atoms with E-state index in [4.69, 9.17) is 4.74 Å². The van der Waals surface area contributed by atoms with Gasteiger partial charge in [-0.05, 0) is 33.6 Å². The number of rotatable bonds is 4. The SMILES string of the molecule is Cn1cnc(NC(=O)NC2(CC(=O)OC(C)(C)C)CCCCC2)n1. The summed E-state index contributed by atoms with van der Waals surface area (Å²) in [4.78, 5) is 28.5. The Labute approximate surface area is 142 Å². The first kappa shape index (κ1) is 18.2. The lowest BCUT2D eigenvalue weighted by atomic mass is 9.79. The van der Waals surface area contributed by atoms with E-state index >= 15 is 0 Å². The number of nitrogens with one attached hydrogen (secondary N) is 2. The second kappa shape index (κ2) is 7.19. The van der Waals surface area contributed by atoms with E-state index in [0.29, 0.717) is 0 Å². The summed E-state index contributed by atoms with van der Waals surface area (Å²) in [6.07, 6.45) is 6.27. The molecule has 8 nitrogen and oxygen atoms in total. The van der Waals surface area contributed by atoms with Crippen molar-refractivity contribution < 1.29 is 14.3 Å². The molecule has 0 aliphatic heterocycles. The van der Waals surface area contributed by atoms with Crippen LogP contribution in [-0.2, 0) is 16.6 Å². The van der Waals surface area contributed by atoms with Crippen LogP contribution >= 0.6 is 0 Å². The molecule has 2 rings (SSSR count). The lowest BCUT2D eigenvalue weighted by Gasteiger charge is -2.37. The van der Waals surface area contributed by atoms with Gasteiger partial charge in [-0.2, -0.15) is 0 Å². The normalized spacial score (nSPS) is 17.2. The summed E-state index contributed by atoms with van der Waals surface area (Å²) in [5, 5.41) is 9.60. The summed E-state index contributed by atoms with van der Waals surface area (Å²) in [5.74, 6) is -0.0566. The number of amides is 2. The molecule has 0 bridgehead atoms. The third-order valence-electron chi connectivity index (χ3n) is 3.92. The van der Waals surface area contributed by atoms with Gasteiger partial charge in [0.15, 0.2) is 0 Å². The van der Waals surface area contributed by atoms with Crippen LogP contribution in [0.15, 0.2) is 6.33 Å². The van der Waals surface area contributed by atoms with Gasteiger partial charge in [-0.3, -0.25) is 14.8 Å². The Morgan fingerprint density at radius 3 is 2.50 bits per heavy atom. The lowest BCUT2D eigenvalue weighted by Crippen LogP contribution is -2.53. The molecule has 1 fully saturated rings. The number of hydrogen-bond acceptors (Lipinski definition) is 5. The van der Waals surface area contributed by atoms with Gasteiger partial charge in [0.25, 0.3) is 0 Å². The standard InChI is InChI=1S/C16H27N5O3/c1-15(2,3)24-12(22)10-16(8-6-5-7-9-16)19-14(23)18-13-17-11-21(4)20-13/h11H,5-10H2,1-4H3,(H2,18,19,20,23). The number of nitrogens with zero attached hydrogens (tertiary/aromatic N) is 3. The second-order valence-electron chi connectivity index (χ2n) is 7.43. The van der Waals surface area contributed by atoms with Gasteiger partial charge in [0.05, 0.1) is 12.0 Å². The van der Waals surface area contributed by atoms with Crippen LogP contribution in [-0.4, -0.2) is 37.9 Å². The van der Waals surface area contributed by atoms with E-state index in [9.17, 15) is 9.59 Å². The van der Waals surface area contributed by atoms with Crippen LogP contribution in [0.2, 0.25) is 0 Å². The smallest absolute Gasteiger partial charge is 0.322 e. The van der Waals surface area contributed by atoms with Crippen LogP contribution in [0.4, 0.5) is 10.7 Å². The van der Waals surface area contributed by atoms with E-state index in [2.05, 4.69) is 20.7 Å². The molecule has 0 atom stereocenters. The van der Waals surface area contributed by atoms with E-state index in [1.165, 1.54) is 11.0 Å². The van der Waals surface area contributed by atoms with E-state index in [1.54, 1.807) is 7.05 Å². The van der Waals surface area contributed by atoms with Crippen LogP contribution in [0.25, 0.3) is 0 Å². The maximum absolute atomic E-state index is 12.3. The maximum atomic E-state index is 12.3. The zero-order valence-corrected chi connectivity index (χ0v) is 14.9. The van der Waals surface area contributed by atoms with E-state index < -0.39 is 17.2 Å². The highest BCUT2D eigenvalue weighted by Gasteiger charge is 2.37. The monoisotopic (exact) mass is 337 g/mol. The largest absolute Gasteiger partial charge is 0.460 e. The van der Waals surface area contributed by atoms with Crippen molar-refractivity contribution in [1.29, 1.82) is 0 Å². The summed E-state index contributed by atoms with van der Waals surface area (Å²) in [6.45, 7) is 5.52. The molecule has 0 aromatic carbocycles.